The van der Waals surface area contributed by atoms with Gasteiger partial charge in [0.2, 0.25) is 11.8 Å². The fourth-order valence-electron chi connectivity index (χ4n) is 3.53. The van der Waals surface area contributed by atoms with Crippen LogP contribution in [0.25, 0.3) is 11.3 Å². The normalized spacial score (nSPS) is 12.1. The molecule has 1 heterocycles. The van der Waals surface area contributed by atoms with Gasteiger partial charge in [0.1, 0.15) is 0 Å². The van der Waals surface area contributed by atoms with Gasteiger partial charge in [0.15, 0.2) is 5.92 Å². The molecule has 3 rings (SSSR count). The smallest absolute Gasteiger partial charge is 0.270 e. The highest BCUT2D eigenvalue weighted by Gasteiger charge is 2.30. The van der Waals surface area contributed by atoms with Crippen molar-refractivity contribution in [1.29, 1.82) is 5.41 Å². The highest BCUT2D eigenvalue weighted by molar-refractivity contribution is 6.24. The molecule has 34 heavy (non-hydrogen) atoms. The van der Waals surface area contributed by atoms with Crippen LogP contribution < -0.4 is 10.6 Å². The summed E-state index contributed by atoms with van der Waals surface area (Å²) in [5.41, 5.74) is 3.66. The van der Waals surface area contributed by atoms with Crippen molar-refractivity contribution in [1.82, 2.24) is 4.98 Å². The minimum atomic E-state index is -3.08. The van der Waals surface area contributed by atoms with Crippen LogP contribution in [0.4, 0.5) is 20.2 Å². The number of amides is 2. The predicted octanol–water partition coefficient (Wildman–Crippen LogP) is 5.71. The Labute approximate surface area is 196 Å². The number of benzene rings is 2. The number of carbonyl (C=O) groups is 2. The molecule has 0 spiro atoms. The molecule has 6 nitrogen and oxygen atoms in total. The Kier molecular flexibility index (Phi) is 7.20. The number of alkyl halides is 2. The topological polar surface area (TPSA) is 94.9 Å². The molecule has 2 aromatic carbocycles. The largest absolute Gasteiger partial charge is 0.325 e. The van der Waals surface area contributed by atoms with Crippen molar-refractivity contribution in [2.45, 2.75) is 33.6 Å². The zero-order valence-electron chi connectivity index (χ0n) is 19.4. The first kappa shape index (κ1) is 24.7. The molecule has 0 saturated carbocycles. The van der Waals surface area contributed by atoms with Crippen LogP contribution in [0.5, 0.6) is 0 Å². The second-order valence-corrected chi connectivity index (χ2v) is 8.26. The number of anilines is 2. The second-order valence-electron chi connectivity index (χ2n) is 8.26. The first-order valence-electron chi connectivity index (χ1n) is 10.6. The van der Waals surface area contributed by atoms with E-state index in [-0.39, 0.29) is 17.0 Å². The molecule has 2 amide bonds. The number of pyridine rings is 1. The van der Waals surface area contributed by atoms with Crippen molar-refractivity contribution in [3.63, 3.8) is 0 Å². The number of hydrogen-bond acceptors (Lipinski definition) is 4. The zero-order chi connectivity index (χ0) is 25.0. The highest BCUT2D eigenvalue weighted by atomic mass is 19.3. The van der Waals surface area contributed by atoms with E-state index in [0.29, 0.717) is 5.69 Å². The van der Waals surface area contributed by atoms with Crippen molar-refractivity contribution in [2.75, 3.05) is 10.6 Å². The summed E-state index contributed by atoms with van der Waals surface area (Å²) in [4.78, 5) is 30.2. The quantitative estimate of drug-likeness (QED) is 0.309. The van der Waals surface area contributed by atoms with Crippen LogP contribution in [0.3, 0.4) is 0 Å². The predicted molar refractivity (Wildman–Crippen MR) is 129 cm³/mol. The summed E-state index contributed by atoms with van der Waals surface area (Å²) in [5, 5.41) is 13.1. The second kappa shape index (κ2) is 9.91. The number of halogens is 2. The molecular weight excluding hydrogens is 438 g/mol. The van der Waals surface area contributed by atoms with Gasteiger partial charge in [0, 0.05) is 41.3 Å². The minimum Gasteiger partial charge on any atom is -0.325 e. The van der Waals surface area contributed by atoms with E-state index in [9.17, 15) is 18.4 Å². The molecule has 176 valence electrons. The zero-order valence-corrected chi connectivity index (χ0v) is 19.4. The van der Waals surface area contributed by atoms with Crippen molar-refractivity contribution in [3.05, 3.63) is 77.5 Å². The lowest BCUT2D eigenvalue weighted by Crippen LogP contribution is -2.38. The molecule has 1 atom stereocenters. The Hall–Kier alpha value is -3.94. The van der Waals surface area contributed by atoms with E-state index in [1.807, 2.05) is 32.0 Å². The van der Waals surface area contributed by atoms with Gasteiger partial charge in [-0.2, -0.15) is 0 Å². The minimum absolute atomic E-state index is 0.117. The maximum absolute atomic E-state index is 13.6. The molecule has 3 N–H and O–H groups in total. The Morgan fingerprint density at radius 3 is 2.18 bits per heavy atom. The number of aromatic nitrogens is 1. The Bertz CT molecular complexity index is 1250. The van der Waals surface area contributed by atoms with E-state index >= 15 is 0 Å². The number of nitrogens with zero attached hydrogens (tertiary/aromatic N) is 1. The summed E-state index contributed by atoms with van der Waals surface area (Å²) >= 11 is 0. The highest BCUT2D eigenvalue weighted by Crippen LogP contribution is 2.29. The van der Waals surface area contributed by atoms with Crippen molar-refractivity contribution in [2.24, 2.45) is 5.92 Å². The molecule has 8 heteroatoms. The van der Waals surface area contributed by atoms with E-state index in [4.69, 9.17) is 5.41 Å². The van der Waals surface area contributed by atoms with Crippen LogP contribution in [0.2, 0.25) is 0 Å². The van der Waals surface area contributed by atoms with Crippen LogP contribution in [-0.2, 0) is 15.5 Å². The molecule has 0 aliphatic carbocycles. The first-order chi connectivity index (χ1) is 16.0. The van der Waals surface area contributed by atoms with Crippen LogP contribution in [0.1, 0.15) is 30.5 Å². The number of carbonyl (C=O) groups excluding carboxylic acids is 2. The average molecular weight is 465 g/mol. The van der Waals surface area contributed by atoms with Crippen LogP contribution in [-0.4, -0.2) is 22.5 Å². The summed E-state index contributed by atoms with van der Waals surface area (Å²) in [5.74, 6) is -6.00. The lowest BCUT2D eigenvalue weighted by atomic mass is 9.99. The third-order valence-corrected chi connectivity index (χ3v) is 5.36. The van der Waals surface area contributed by atoms with Crippen LogP contribution in [0, 0.1) is 25.2 Å². The molecule has 0 bridgehead atoms. The molecule has 0 saturated heterocycles. The van der Waals surface area contributed by atoms with E-state index in [0.717, 1.165) is 35.4 Å². The number of rotatable bonds is 7. The van der Waals surface area contributed by atoms with Gasteiger partial charge in [-0.15, -0.1) is 0 Å². The monoisotopic (exact) mass is 464 g/mol. The summed E-state index contributed by atoms with van der Waals surface area (Å²) in [6, 6.07) is 14.3. The van der Waals surface area contributed by atoms with Gasteiger partial charge < -0.3 is 16.0 Å². The summed E-state index contributed by atoms with van der Waals surface area (Å²) in [6.45, 7) is 5.97. The Balaban J connectivity index is 1.82. The van der Waals surface area contributed by atoms with Gasteiger partial charge >= 0.3 is 0 Å². The van der Waals surface area contributed by atoms with Crippen molar-refractivity contribution < 1.29 is 18.4 Å². The van der Waals surface area contributed by atoms with Gasteiger partial charge in [-0.05, 0) is 62.2 Å². The fourth-order valence-corrected chi connectivity index (χ4v) is 3.53. The summed E-state index contributed by atoms with van der Waals surface area (Å²) in [7, 11) is 0. The van der Waals surface area contributed by atoms with Gasteiger partial charge in [0.05, 0.1) is 5.69 Å². The molecule has 1 unspecified atom stereocenters. The average Bonchev–Trinajstić information content (AvgIpc) is 2.75. The van der Waals surface area contributed by atoms with Gasteiger partial charge in [-0.25, -0.2) is 8.78 Å². The van der Waals surface area contributed by atoms with Gasteiger partial charge in [-0.3, -0.25) is 14.6 Å². The van der Waals surface area contributed by atoms with Crippen LogP contribution >= 0.6 is 0 Å². The standard InChI is InChI=1S/C26H26F2N4O2/c1-15-10-11-20(14-21(15)23-16(2)7-6-12-30-23)32-25(34)22(17(3)29)24(33)31-19-9-5-8-18(13-19)26(4,27)28/h5-14,22,29H,1-4H3,(H,31,33)(H,32,34). The van der Waals surface area contributed by atoms with Crippen LogP contribution in [0.15, 0.2) is 60.8 Å². The van der Waals surface area contributed by atoms with Crippen molar-refractivity contribution >= 4 is 28.9 Å². The lowest BCUT2D eigenvalue weighted by Gasteiger charge is -2.18. The Morgan fingerprint density at radius 2 is 1.59 bits per heavy atom. The molecule has 0 radical (unpaired) electrons. The third kappa shape index (κ3) is 5.70. The first-order valence-corrected chi connectivity index (χ1v) is 10.6. The van der Waals surface area contributed by atoms with E-state index in [1.54, 1.807) is 18.3 Å². The number of nitrogens with one attached hydrogen (secondary N) is 3. The molecule has 3 aromatic rings. The van der Waals surface area contributed by atoms with Gasteiger partial charge in [0.25, 0.3) is 5.92 Å². The lowest BCUT2D eigenvalue weighted by molar-refractivity contribution is -0.126. The maximum atomic E-state index is 13.6. The molecular formula is C26H26F2N4O2. The van der Waals surface area contributed by atoms with E-state index < -0.39 is 23.7 Å². The summed E-state index contributed by atoms with van der Waals surface area (Å²) in [6.07, 6.45) is 1.69. The van der Waals surface area contributed by atoms with Crippen molar-refractivity contribution in [3.8, 4) is 11.3 Å². The number of hydrogen-bond donors (Lipinski definition) is 3. The molecule has 1 aromatic heterocycles. The SMILES string of the molecule is CC(=N)C(C(=O)Nc1cccc(C(C)(F)F)c1)C(=O)Nc1ccc(C)c(-c2ncccc2C)c1. The third-order valence-electron chi connectivity index (χ3n) is 5.36. The number of aryl methyl sites for hydroxylation is 2. The molecule has 0 fully saturated rings. The maximum Gasteiger partial charge on any atom is 0.270 e. The van der Waals surface area contributed by atoms with E-state index in [1.165, 1.54) is 25.1 Å². The fraction of sp³-hybridized carbons (Fsp3) is 0.231. The molecule has 0 aliphatic heterocycles. The van der Waals surface area contributed by atoms with Gasteiger partial charge in [-0.1, -0.05) is 24.3 Å². The van der Waals surface area contributed by atoms with E-state index in [2.05, 4.69) is 15.6 Å². The molecule has 0 aliphatic rings. The summed E-state index contributed by atoms with van der Waals surface area (Å²) < 4.78 is 27.2. The Morgan fingerprint density at radius 1 is 0.941 bits per heavy atom.